The predicted molar refractivity (Wildman–Crippen MR) is 101 cm³/mol. The Bertz CT molecular complexity index is 531. The molecule has 0 saturated heterocycles. The summed E-state index contributed by atoms with van der Waals surface area (Å²) in [6.07, 6.45) is 6.65. The van der Waals surface area contributed by atoms with Gasteiger partial charge in [0.25, 0.3) is 0 Å². The Hall–Kier alpha value is -1.89. The van der Waals surface area contributed by atoms with E-state index in [1.54, 1.807) is 17.9 Å². The van der Waals surface area contributed by atoms with Gasteiger partial charge in [-0.25, -0.2) is 0 Å². The van der Waals surface area contributed by atoms with Gasteiger partial charge in [0.1, 0.15) is 5.76 Å². The summed E-state index contributed by atoms with van der Waals surface area (Å²) in [5.74, 6) is 0.740. The molecule has 0 radical (unpaired) electrons. The van der Waals surface area contributed by atoms with E-state index < -0.39 is 0 Å². The minimum atomic E-state index is -0.269. The number of ether oxygens (including phenoxy) is 1. The number of aryl methyl sites for hydroxylation is 1. The van der Waals surface area contributed by atoms with Gasteiger partial charge in [-0.2, -0.15) is 0 Å². The minimum absolute atomic E-state index is 0.0180. The highest BCUT2D eigenvalue weighted by Crippen LogP contribution is 2.09. The van der Waals surface area contributed by atoms with E-state index in [9.17, 15) is 9.59 Å². The Morgan fingerprint density at radius 1 is 1.19 bits per heavy atom. The maximum atomic E-state index is 12.5. The Kier molecular flexibility index (Phi) is 11.4. The van der Waals surface area contributed by atoms with Crippen molar-refractivity contribution in [1.82, 2.24) is 10.1 Å². The van der Waals surface area contributed by atoms with Crippen LogP contribution >= 0.6 is 0 Å². The van der Waals surface area contributed by atoms with Crippen LogP contribution in [0.5, 0.6) is 0 Å². The van der Waals surface area contributed by atoms with Gasteiger partial charge >= 0.3 is 0 Å². The third-order valence-corrected chi connectivity index (χ3v) is 4.00. The molecule has 148 valence electrons. The van der Waals surface area contributed by atoms with Gasteiger partial charge in [-0.05, 0) is 26.7 Å². The van der Waals surface area contributed by atoms with E-state index >= 15 is 0 Å². The van der Waals surface area contributed by atoms with Crippen molar-refractivity contribution in [2.75, 3.05) is 31.6 Å². The molecule has 1 rings (SSSR count). The number of nitrogens with zero attached hydrogens (tertiary/aromatic N) is 2. The lowest BCUT2D eigenvalue weighted by atomic mass is 10.1. The summed E-state index contributed by atoms with van der Waals surface area (Å²) in [6.45, 7) is 7.63. The second-order valence-corrected chi connectivity index (χ2v) is 6.40. The molecule has 1 aromatic heterocycles. The van der Waals surface area contributed by atoms with Crippen LogP contribution in [0.2, 0.25) is 0 Å². The van der Waals surface area contributed by atoms with Crippen LogP contribution in [0.15, 0.2) is 10.6 Å². The van der Waals surface area contributed by atoms with E-state index in [4.69, 9.17) is 9.26 Å². The number of aromatic nitrogens is 1. The lowest BCUT2D eigenvalue weighted by Gasteiger charge is -2.22. The molecule has 0 unspecified atom stereocenters. The number of hydrogen-bond donors (Lipinski definition) is 1. The standard InChI is InChI=1S/C19H33N3O4/c1-4-6-7-8-9-11-19(24)22(12-10-13-25-5-2)15-18(23)20-17-14-16(3)26-21-17/h14H,4-13,15H2,1-3H3,(H,20,21,23). The fourth-order valence-corrected chi connectivity index (χ4v) is 2.61. The maximum absolute atomic E-state index is 12.5. The molecule has 0 aliphatic heterocycles. The molecular weight excluding hydrogens is 334 g/mol. The van der Waals surface area contributed by atoms with E-state index in [1.807, 2.05) is 6.92 Å². The number of nitrogens with one attached hydrogen (secondary N) is 1. The van der Waals surface area contributed by atoms with Gasteiger partial charge in [0.05, 0.1) is 6.54 Å². The molecule has 2 amide bonds. The quantitative estimate of drug-likeness (QED) is 0.508. The summed E-state index contributed by atoms with van der Waals surface area (Å²) in [4.78, 5) is 26.3. The van der Waals surface area contributed by atoms with E-state index in [-0.39, 0.29) is 18.4 Å². The molecule has 0 saturated carbocycles. The summed E-state index contributed by atoms with van der Waals surface area (Å²) in [5.41, 5.74) is 0. The highest BCUT2D eigenvalue weighted by atomic mass is 16.5. The highest BCUT2D eigenvalue weighted by molar-refractivity contribution is 5.93. The number of anilines is 1. The van der Waals surface area contributed by atoms with Gasteiger partial charge in [0, 0.05) is 32.2 Å². The molecule has 0 aliphatic carbocycles. The van der Waals surface area contributed by atoms with Gasteiger partial charge in [0.2, 0.25) is 11.8 Å². The molecule has 0 aromatic carbocycles. The summed E-state index contributed by atoms with van der Waals surface area (Å²) in [6, 6.07) is 1.65. The van der Waals surface area contributed by atoms with Crippen LogP contribution in [0.3, 0.4) is 0 Å². The van der Waals surface area contributed by atoms with Crippen LogP contribution < -0.4 is 5.32 Å². The van der Waals surface area contributed by atoms with Crippen molar-refractivity contribution in [3.05, 3.63) is 11.8 Å². The van der Waals surface area contributed by atoms with Gasteiger partial charge in [-0.3, -0.25) is 9.59 Å². The third kappa shape index (κ3) is 9.56. The first-order chi connectivity index (χ1) is 12.6. The topological polar surface area (TPSA) is 84.7 Å². The van der Waals surface area contributed by atoms with Gasteiger partial charge < -0.3 is 19.5 Å². The average Bonchev–Trinajstić information content (AvgIpc) is 3.01. The van der Waals surface area contributed by atoms with Crippen LogP contribution in [-0.4, -0.2) is 48.2 Å². The molecule has 0 aliphatic rings. The zero-order valence-corrected chi connectivity index (χ0v) is 16.4. The first-order valence-electron chi connectivity index (χ1n) is 9.65. The Morgan fingerprint density at radius 3 is 2.62 bits per heavy atom. The molecular formula is C19H33N3O4. The van der Waals surface area contributed by atoms with Crippen LogP contribution in [0.4, 0.5) is 5.82 Å². The van der Waals surface area contributed by atoms with Crippen molar-refractivity contribution in [1.29, 1.82) is 0 Å². The number of rotatable bonds is 14. The molecule has 0 spiro atoms. The van der Waals surface area contributed by atoms with E-state index in [0.717, 1.165) is 19.3 Å². The second-order valence-electron chi connectivity index (χ2n) is 6.40. The molecule has 0 fully saturated rings. The molecule has 7 heteroatoms. The number of unbranched alkanes of at least 4 members (excludes halogenated alkanes) is 4. The van der Waals surface area contributed by atoms with Crippen molar-refractivity contribution in [3.8, 4) is 0 Å². The second kappa shape index (κ2) is 13.3. The zero-order chi connectivity index (χ0) is 19.2. The minimum Gasteiger partial charge on any atom is -0.382 e. The molecule has 1 aromatic rings. The number of amides is 2. The van der Waals surface area contributed by atoms with Crippen molar-refractivity contribution in [2.45, 2.75) is 65.7 Å². The third-order valence-electron chi connectivity index (χ3n) is 4.00. The Labute approximate surface area is 156 Å². The normalized spacial score (nSPS) is 10.7. The van der Waals surface area contributed by atoms with Crippen molar-refractivity contribution >= 4 is 17.6 Å². The van der Waals surface area contributed by atoms with Crippen molar-refractivity contribution in [2.24, 2.45) is 0 Å². The zero-order valence-electron chi connectivity index (χ0n) is 16.4. The fourth-order valence-electron chi connectivity index (χ4n) is 2.61. The van der Waals surface area contributed by atoms with Crippen LogP contribution in [0, 0.1) is 6.92 Å². The molecule has 26 heavy (non-hydrogen) atoms. The predicted octanol–water partition coefficient (Wildman–Crippen LogP) is 3.54. The lowest BCUT2D eigenvalue weighted by molar-refractivity contribution is -0.135. The average molecular weight is 367 g/mol. The van der Waals surface area contributed by atoms with Gasteiger partial charge in [-0.15, -0.1) is 0 Å². The first-order valence-corrected chi connectivity index (χ1v) is 9.65. The number of hydrogen-bond acceptors (Lipinski definition) is 5. The lowest BCUT2D eigenvalue weighted by Crippen LogP contribution is -2.39. The van der Waals surface area contributed by atoms with E-state index in [2.05, 4.69) is 17.4 Å². The van der Waals surface area contributed by atoms with E-state index in [1.165, 1.54) is 12.8 Å². The smallest absolute Gasteiger partial charge is 0.245 e. The molecule has 1 heterocycles. The van der Waals surface area contributed by atoms with Crippen molar-refractivity contribution in [3.63, 3.8) is 0 Å². The molecule has 0 bridgehead atoms. The summed E-state index contributed by atoms with van der Waals surface area (Å²) >= 11 is 0. The number of carbonyl (C=O) groups is 2. The summed E-state index contributed by atoms with van der Waals surface area (Å²) < 4.78 is 10.3. The molecule has 7 nitrogen and oxygen atoms in total. The van der Waals surface area contributed by atoms with Crippen molar-refractivity contribution < 1.29 is 18.8 Å². The van der Waals surface area contributed by atoms with Crippen LogP contribution in [0.1, 0.15) is 64.6 Å². The SMILES string of the molecule is CCCCCCCC(=O)N(CCCOCC)CC(=O)Nc1cc(C)on1. The number of carbonyl (C=O) groups excluding carboxylic acids is 2. The molecule has 1 N–H and O–H groups in total. The summed E-state index contributed by atoms with van der Waals surface area (Å²) in [5, 5.41) is 6.41. The van der Waals surface area contributed by atoms with Gasteiger partial charge in [-0.1, -0.05) is 37.8 Å². The van der Waals surface area contributed by atoms with Gasteiger partial charge in [0.15, 0.2) is 5.82 Å². The fraction of sp³-hybridized carbons (Fsp3) is 0.737. The monoisotopic (exact) mass is 367 g/mol. The Balaban J connectivity index is 2.47. The van der Waals surface area contributed by atoms with Crippen LogP contribution in [-0.2, 0) is 14.3 Å². The first kappa shape index (κ1) is 22.2. The van der Waals surface area contributed by atoms with Crippen LogP contribution in [0.25, 0.3) is 0 Å². The maximum Gasteiger partial charge on any atom is 0.245 e. The highest BCUT2D eigenvalue weighted by Gasteiger charge is 2.17. The summed E-state index contributed by atoms with van der Waals surface area (Å²) in [7, 11) is 0. The Morgan fingerprint density at radius 2 is 1.96 bits per heavy atom. The molecule has 0 atom stereocenters. The largest absolute Gasteiger partial charge is 0.382 e. The van der Waals surface area contributed by atoms with E-state index in [0.29, 0.717) is 44.2 Å².